The van der Waals surface area contributed by atoms with E-state index < -0.39 is 5.60 Å². The topological polar surface area (TPSA) is 20.2 Å². The third-order valence-electron chi connectivity index (χ3n) is 3.98. The van der Waals surface area contributed by atoms with Crippen molar-refractivity contribution in [2.45, 2.75) is 51.0 Å². The first kappa shape index (κ1) is 14.4. The van der Waals surface area contributed by atoms with Crippen molar-refractivity contribution < 1.29 is 5.11 Å². The molecule has 2 atom stereocenters. The summed E-state index contributed by atoms with van der Waals surface area (Å²) in [4.78, 5) is 0. The SMILES string of the molecule is CC1CCCC(O)(Cc2ccc(Br)cc2Cl)CC1. The molecule has 2 unspecified atom stereocenters. The molecule has 0 bridgehead atoms. The quantitative estimate of drug-likeness (QED) is 0.758. The summed E-state index contributed by atoms with van der Waals surface area (Å²) in [5.41, 5.74) is 0.485. The van der Waals surface area contributed by atoms with Crippen LogP contribution in [0, 0.1) is 5.92 Å². The van der Waals surface area contributed by atoms with Crippen molar-refractivity contribution >= 4 is 27.5 Å². The Hall–Kier alpha value is -0.0500. The Labute approximate surface area is 123 Å². The predicted octanol–water partition coefficient (Wildman–Crippen LogP) is 4.98. The molecule has 18 heavy (non-hydrogen) atoms. The van der Waals surface area contributed by atoms with Crippen LogP contribution in [0.5, 0.6) is 0 Å². The molecular weight excluding hydrogens is 312 g/mol. The van der Waals surface area contributed by atoms with E-state index >= 15 is 0 Å². The largest absolute Gasteiger partial charge is 0.390 e. The Morgan fingerprint density at radius 2 is 2.17 bits per heavy atom. The fourth-order valence-electron chi connectivity index (χ4n) is 2.76. The van der Waals surface area contributed by atoms with E-state index in [4.69, 9.17) is 11.6 Å². The molecule has 1 N–H and O–H groups in total. The van der Waals surface area contributed by atoms with Crippen LogP contribution in [0.3, 0.4) is 0 Å². The molecule has 0 saturated heterocycles. The highest BCUT2D eigenvalue weighted by Gasteiger charge is 2.30. The summed E-state index contributed by atoms with van der Waals surface area (Å²) >= 11 is 9.65. The molecule has 0 aliphatic heterocycles. The summed E-state index contributed by atoms with van der Waals surface area (Å²) in [7, 11) is 0. The van der Waals surface area contributed by atoms with Gasteiger partial charge < -0.3 is 5.11 Å². The van der Waals surface area contributed by atoms with Gasteiger partial charge in [0, 0.05) is 15.9 Å². The van der Waals surface area contributed by atoms with E-state index in [1.165, 1.54) is 6.42 Å². The minimum Gasteiger partial charge on any atom is -0.390 e. The molecule has 1 aromatic rings. The number of aliphatic hydroxyl groups is 1. The van der Waals surface area contributed by atoms with E-state index in [9.17, 15) is 5.11 Å². The smallest absolute Gasteiger partial charge is 0.0688 e. The molecule has 3 heteroatoms. The zero-order valence-electron chi connectivity index (χ0n) is 10.8. The standard InChI is InChI=1S/C15H20BrClO/c1-11-3-2-7-15(18,8-6-11)10-12-4-5-13(16)9-14(12)17/h4-5,9,11,18H,2-3,6-8,10H2,1H3. The third-order valence-corrected chi connectivity index (χ3v) is 4.82. The fraction of sp³-hybridized carbons (Fsp3) is 0.600. The van der Waals surface area contributed by atoms with E-state index in [-0.39, 0.29) is 0 Å². The third kappa shape index (κ3) is 3.72. The van der Waals surface area contributed by atoms with Gasteiger partial charge >= 0.3 is 0 Å². The minimum absolute atomic E-state index is 0.567. The number of benzene rings is 1. The lowest BCUT2D eigenvalue weighted by Crippen LogP contribution is -2.30. The average molecular weight is 332 g/mol. The van der Waals surface area contributed by atoms with Crippen LogP contribution >= 0.6 is 27.5 Å². The molecule has 1 saturated carbocycles. The fourth-order valence-corrected chi connectivity index (χ4v) is 3.50. The van der Waals surface area contributed by atoms with Crippen LogP contribution in [-0.2, 0) is 6.42 Å². The maximum Gasteiger partial charge on any atom is 0.0688 e. The summed E-state index contributed by atoms with van der Waals surface area (Å²) in [6, 6.07) is 5.90. The van der Waals surface area contributed by atoms with Crippen molar-refractivity contribution in [1.82, 2.24) is 0 Å². The van der Waals surface area contributed by atoms with Gasteiger partial charge in [0.05, 0.1) is 5.60 Å². The Morgan fingerprint density at radius 1 is 1.39 bits per heavy atom. The van der Waals surface area contributed by atoms with Gasteiger partial charge in [0.15, 0.2) is 0 Å². The second-order valence-corrected chi connectivity index (χ2v) is 7.00. The number of rotatable bonds is 2. The summed E-state index contributed by atoms with van der Waals surface area (Å²) < 4.78 is 0.984. The summed E-state index contributed by atoms with van der Waals surface area (Å²) in [5.74, 6) is 0.736. The minimum atomic E-state index is -0.567. The van der Waals surface area contributed by atoms with Gasteiger partial charge in [0.25, 0.3) is 0 Å². The maximum absolute atomic E-state index is 10.7. The molecule has 0 radical (unpaired) electrons. The van der Waals surface area contributed by atoms with Gasteiger partial charge in [-0.2, -0.15) is 0 Å². The maximum atomic E-state index is 10.7. The molecule has 1 fully saturated rings. The monoisotopic (exact) mass is 330 g/mol. The Kier molecular flexibility index (Phi) is 4.74. The zero-order chi connectivity index (χ0) is 13.2. The predicted molar refractivity (Wildman–Crippen MR) is 80.1 cm³/mol. The zero-order valence-corrected chi connectivity index (χ0v) is 13.1. The highest BCUT2D eigenvalue weighted by atomic mass is 79.9. The van der Waals surface area contributed by atoms with Crippen molar-refractivity contribution in [2.75, 3.05) is 0 Å². The lowest BCUT2D eigenvalue weighted by Gasteiger charge is -2.27. The molecule has 1 aliphatic carbocycles. The van der Waals surface area contributed by atoms with Crippen LogP contribution in [0.1, 0.15) is 44.6 Å². The lowest BCUT2D eigenvalue weighted by molar-refractivity contribution is 0.0244. The molecule has 1 aromatic carbocycles. The molecule has 0 amide bonds. The summed E-state index contributed by atoms with van der Waals surface area (Å²) in [5, 5.41) is 11.5. The number of hydrogen-bond donors (Lipinski definition) is 1. The highest BCUT2D eigenvalue weighted by molar-refractivity contribution is 9.10. The van der Waals surface area contributed by atoms with Gasteiger partial charge in [-0.05, 0) is 42.9 Å². The van der Waals surface area contributed by atoms with E-state index in [1.54, 1.807) is 0 Å². The summed E-state index contributed by atoms with van der Waals surface area (Å²) in [6.07, 6.45) is 5.92. The highest BCUT2D eigenvalue weighted by Crippen LogP contribution is 2.34. The van der Waals surface area contributed by atoms with E-state index in [1.807, 2.05) is 18.2 Å². The number of hydrogen-bond acceptors (Lipinski definition) is 1. The van der Waals surface area contributed by atoms with Crippen LogP contribution in [0.4, 0.5) is 0 Å². The van der Waals surface area contributed by atoms with Crippen LogP contribution in [0.2, 0.25) is 5.02 Å². The first-order valence-electron chi connectivity index (χ1n) is 6.65. The molecule has 2 rings (SSSR count). The summed E-state index contributed by atoms with van der Waals surface area (Å²) in [6.45, 7) is 2.28. The van der Waals surface area contributed by atoms with Crippen molar-refractivity contribution in [3.63, 3.8) is 0 Å². The Bertz CT molecular complexity index is 421. The number of halogens is 2. The molecule has 0 spiro atoms. The van der Waals surface area contributed by atoms with Gasteiger partial charge in [-0.25, -0.2) is 0 Å². The molecule has 1 nitrogen and oxygen atoms in total. The molecular formula is C15H20BrClO. The van der Waals surface area contributed by atoms with E-state index in [2.05, 4.69) is 22.9 Å². The molecule has 100 valence electrons. The first-order valence-corrected chi connectivity index (χ1v) is 7.82. The van der Waals surface area contributed by atoms with Gasteiger partial charge in [-0.15, -0.1) is 0 Å². The van der Waals surface area contributed by atoms with Crippen LogP contribution in [-0.4, -0.2) is 10.7 Å². The second kappa shape index (κ2) is 5.94. The van der Waals surface area contributed by atoms with E-state index in [0.29, 0.717) is 6.42 Å². The van der Waals surface area contributed by atoms with Crippen molar-refractivity contribution in [3.05, 3.63) is 33.3 Å². The van der Waals surface area contributed by atoms with E-state index in [0.717, 1.165) is 46.7 Å². The van der Waals surface area contributed by atoms with Crippen LogP contribution < -0.4 is 0 Å². The average Bonchev–Trinajstić information content (AvgIpc) is 2.46. The second-order valence-electron chi connectivity index (χ2n) is 5.67. The normalized spacial score (nSPS) is 29.0. The lowest BCUT2D eigenvalue weighted by atomic mass is 9.87. The van der Waals surface area contributed by atoms with Crippen molar-refractivity contribution in [3.8, 4) is 0 Å². The Morgan fingerprint density at radius 3 is 2.89 bits per heavy atom. The molecule has 0 heterocycles. The van der Waals surface area contributed by atoms with Gasteiger partial charge in [-0.3, -0.25) is 0 Å². The first-order chi connectivity index (χ1) is 8.48. The Balaban J connectivity index is 2.11. The van der Waals surface area contributed by atoms with Gasteiger partial charge in [0.2, 0.25) is 0 Å². The van der Waals surface area contributed by atoms with Crippen LogP contribution in [0.25, 0.3) is 0 Å². The van der Waals surface area contributed by atoms with Crippen molar-refractivity contribution in [1.29, 1.82) is 0 Å². The van der Waals surface area contributed by atoms with Gasteiger partial charge in [-0.1, -0.05) is 53.4 Å². The van der Waals surface area contributed by atoms with Crippen molar-refractivity contribution in [2.24, 2.45) is 5.92 Å². The van der Waals surface area contributed by atoms with Crippen LogP contribution in [0.15, 0.2) is 22.7 Å². The molecule has 0 aromatic heterocycles. The van der Waals surface area contributed by atoms with Gasteiger partial charge in [0.1, 0.15) is 0 Å². The molecule has 1 aliphatic rings.